The van der Waals surface area contributed by atoms with Gasteiger partial charge in [-0.1, -0.05) is 30.3 Å². The molecule has 0 fully saturated rings. The van der Waals surface area contributed by atoms with Gasteiger partial charge in [0.25, 0.3) is 11.8 Å². The van der Waals surface area contributed by atoms with Crippen LogP contribution in [0.2, 0.25) is 0 Å². The average molecular weight is 492 g/mol. The van der Waals surface area contributed by atoms with Crippen LogP contribution in [-0.2, 0) is 5.92 Å². The molecule has 36 heavy (non-hydrogen) atoms. The third-order valence-corrected chi connectivity index (χ3v) is 6.08. The smallest absolute Gasteiger partial charge is 0.277 e. The largest absolute Gasteiger partial charge is 0.496 e. The second kappa shape index (κ2) is 9.45. The van der Waals surface area contributed by atoms with Crippen molar-refractivity contribution >= 4 is 11.6 Å². The van der Waals surface area contributed by atoms with Crippen LogP contribution in [0.1, 0.15) is 39.8 Å². The highest BCUT2D eigenvalue weighted by molar-refractivity contribution is 6.04. The zero-order valence-electron chi connectivity index (χ0n) is 20.7. The second-order valence-electron chi connectivity index (χ2n) is 8.79. The van der Waals surface area contributed by atoms with E-state index in [1.807, 2.05) is 38.1 Å². The van der Waals surface area contributed by atoms with Crippen LogP contribution in [0.5, 0.6) is 5.75 Å². The number of benzene rings is 3. The number of carbonyl (C=O) groups is 1. The van der Waals surface area contributed by atoms with Crippen LogP contribution in [0.3, 0.4) is 0 Å². The molecule has 0 saturated carbocycles. The highest BCUT2D eigenvalue weighted by atomic mass is 19.3. The van der Waals surface area contributed by atoms with Gasteiger partial charge in [-0.25, -0.2) is 13.8 Å². The number of amides is 1. The summed E-state index contributed by atoms with van der Waals surface area (Å²) < 4.78 is 33.7. The molecule has 0 aliphatic heterocycles. The van der Waals surface area contributed by atoms with Gasteiger partial charge in [-0.2, -0.15) is 4.73 Å². The summed E-state index contributed by atoms with van der Waals surface area (Å²) >= 11 is 0. The molecule has 3 aromatic carbocycles. The standard InChI is InChI=1S/C28H27F2N3O3/c1-16-8-6-9-17(2)24(16)22-14-19(12-13-23(22)36-5)26-31-18(3)25(33(26)35)27(34)32-21-11-7-10-20(15-21)28(4,29)30/h6-15,35H,1-5H3,(H,32,34). The molecule has 0 spiro atoms. The number of rotatable bonds is 6. The number of imidazole rings is 1. The minimum absolute atomic E-state index is 0.0943. The molecular formula is C28H27F2N3O3. The molecule has 8 heteroatoms. The molecule has 0 radical (unpaired) electrons. The highest BCUT2D eigenvalue weighted by Crippen LogP contribution is 2.38. The van der Waals surface area contributed by atoms with Crippen molar-refractivity contribution in [3.05, 3.63) is 88.7 Å². The van der Waals surface area contributed by atoms with Crippen molar-refractivity contribution in [1.82, 2.24) is 9.71 Å². The van der Waals surface area contributed by atoms with Crippen molar-refractivity contribution in [1.29, 1.82) is 0 Å². The maximum atomic E-state index is 13.7. The summed E-state index contributed by atoms with van der Waals surface area (Å²) in [5.41, 5.74) is 4.68. The average Bonchev–Trinajstić information content (AvgIpc) is 3.12. The van der Waals surface area contributed by atoms with Crippen LogP contribution in [0.15, 0.2) is 60.7 Å². The summed E-state index contributed by atoms with van der Waals surface area (Å²) in [7, 11) is 1.59. The molecule has 4 rings (SSSR count). The molecule has 6 nitrogen and oxygen atoms in total. The van der Waals surface area contributed by atoms with Crippen molar-refractivity contribution in [3.63, 3.8) is 0 Å². The Kier molecular flexibility index (Phi) is 6.54. The summed E-state index contributed by atoms with van der Waals surface area (Å²) in [6.45, 7) is 6.40. The molecule has 0 saturated heterocycles. The van der Waals surface area contributed by atoms with E-state index in [0.717, 1.165) is 33.9 Å². The molecule has 1 heterocycles. The number of methoxy groups -OCH3 is 1. The third-order valence-electron chi connectivity index (χ3n) is 6.08. The number of halogens is 2. The highest BCUT2D eigenvalue weighted by Gasteiger charge is 2.26. The summed E-state index contributed by atoms with van der Waals surface area (Å²) in [5, 5.41) is 13.5. The lowest BCUT2D eigenvalue weighted by molar-refractivity contribution is 0.0175. The molecule has 0 bridgehead atoms. The minimum Gasteiger partial charge on any atom is -0.496 e. The van der Waals surface area contributed by atoms with E-state index in [0.29, 0.717) is 11.3 Å². The number of aromatic nitrogens is 2. The van der Waals surface area contributed by atoms with Crippen LogP contribution in [0, 0.1) is 20.8 Å². The molecule has 0 unspecified atom stereocenters. The first-order valence-corrected chi connectivity index (χ1v) is 11.3. The Labute approximate surface area is 208 Å². The number of hydrogen-bond donors (Lipinski definition) is 2. The Morgan fingerprint density at radius 1 is 1.03 bits per heavy atom. The van der Waals surface area contributed by atoms with E-state index in [1.165, 1.54) is 24.3 Å². The molecule has 1 amide bonds. The van der Waals surface area contributed by atoms with E-state index in [2.05, 4.69) is 10.3 Å². The van der Waals surface area contributed by atoms with Gasteiger partial charge in [0.2, 0.25) is 0 Å². The maximum absolute atomic E-state index is 13.7. The quantitative estimate of drug-likeness (QED) is 0.293. The van der Waals surface area contributed by atoms with Crippen LogP contribution >= 0.6 is 0 Å². The fraction of sp³-hybridized carbons (Fsp3) is 0.214. The molecule has 1 aromatic heterocycles. The molecule has 4 aromatic rings. The fourth-order valence-electron chi connectivity index (χ4n) is 4.31. The van der Waals surface area contributed by atoms with Crippen LogP contribution in [0.25, 0.3) is 22.5 Å². The zero-order chi connectivity index (χ0) is 26.2. The minimum atomic E-state index is -3.05. The van der Waals surface area contributed by atoms with Crippen molar-refractivity contribution < 1.29 is 23.5 Å². The van der Waals surface area contributed by atoms with E-state index in [-0.39, 0.29) is 28.5 Å². The second-order valence-corrected chi connectivity index (χ2v) is 8.79. The van der Waals surface area contributed by atoms with Gasteiger partial charge >= 0.3 is 0 Å². The number of alkyl halides is 2. The zero-order valence-corrected chi connectivity index (χ0v) is 20.7. The molecular weight excluding hydrogens is 464 g/mol. The molecule has 0 aliphatic carbocycles. The summed E-state index contributed by atoms with van der Waals surface area (Å²) in [6, 6.07) is 16.8. The number of nitrogens with zero attached hydrogens (tertiary/aromatic N) is 2. The Morgan fingerprint density at radius 3 is 2.33 bits per heavy atom. The van der Waals surface area contributed by atoms with Gasteiger partial charge in [-0.3, -0.25) is 4.79 Å². The Bertz CT molecular complexity index is 1430. The number of carbonyl (C=O) groups excluding carboxylic acids is 1. The molecule has 2 N–H and O–H groups in total. The maximum Gasteiger partial charge on any atom is 0.277 e. The van der Waals surface area contributed by atoms with Gasteiger partial charge in [0.05, 0.1) is 12.8 Å². The predicted molar refractivity (Wildman–Crippen MR) is 135 cm³/mol. The predicted octanol–water partition coefficient (Wildman–Crippen LogP) is 6.75. The van der Waals surface area contributed by atoms with Crippen LogP contribution < -0.4 is 10.1 Å². The third kappa shape index (κ3) is 4.66. The molecule has 186 valence electrons. The van der Waals surface area contributed by atoms with Crippen molar-refractivity contribution in [2.24, 2.45) is 0 Å². The Morgan fingerprint density at radius 2 is 1.69 bits per heavy atom. The van der Waals surface area contributed by atoms with Gasteiger partial charge in [-0.15, -0.1) is 0 Å². The lowest BCUT2D eigenvalue weighted by Gasteiger charge is -2.15. The van der Waals surface area contributed by atoms with Gasteiger partial charge in [0.1, 0.15) is 5.75 Å². The first-order chi connectivity index (χ1) is 17.0. The monoisotopic (exact) mass is 491 g/mol. The van der Waals surface area contributed by atoms with E-state index >= 15 is 0 Å². The van der Waals surface area contributed by atoms with Gasteiger partial charge in [-0.05, 0) is 67.8 Å². The summed E-state index contributed by atoms with van der Waals surface area (Å²) in [6.07, 6.45) is 0. The summed E-state index contributed by atoms with van der Waals surface area (Å²) in [4.78, 5) is 17.4. The van der Waals surface area contributed by atoms with E-state index in [4.69, 9.17) is 4.74 Å². The molecule has 0 atom stereocenters. The van der Waals surface area contributed by atoms with Crippen molar-refractivity contribution in [2.45, 2.75) is 33.6 Å². The van der Waals surface area contributed by atoms with Crippen LogP contribution in [-0.4, -0.2) is 27.9 Å². The first-order valence-electron chi connectivity index (χ1n) is 11.3. The van der Waals surface area contributed by atoms with Gasteiger partial charge < -0.3 is 15.3 Å². The lowest BCUT2D eigenvalue weighted by Crippen LogP contribution is -2.18. The van der Waals surface area contributed by atoms with E-state index in [9.17, 15) is 18.8 Å². The number of anilines is 1. The van der Waals surface area contributed by atoms with Gasteiger partial charge in [0, 0.05) is 29.3 Å². The lowest BCUT2D eigenvalue weighted by atomic mass is 9.93. The first kappa shape index (κ1) is 24.9. The van der Waals surface area contributed by atoms with Crippen LogP contribution in [0.4, 0.5) is 14.5 Å². The number of ether oxygens (including phenoxy) is 1. The normalized spacial score (nSPS) is 11.4. The van der Waals surface area contributed by atoms with E-state index in [1.54, 1.807) is 26.2 Å². The number of aryl methyl sites for hydroxylation is 3. The van der Waals surface area contributed by atoms with Gasteiger partial charge in [0.15, 0.2) is 11.5 Å². The topological polar surface area (TPSA) is 76.4 Å². The summed E-state index contributed by atoms with van der Waals surface area (Å²) in [5.74, 6) is -2.89. The molecule has 0 aliphatic rings. The SMILES string of the molecule is COc1ccc(-c2nc(C)c(C(=O)Nc3cccc(C(C)(F)F)c3)n2O)cc1-c1c(C)cccc1C. The van der Waals surface area contributed by atoms with Crippen molar-refractivity contribution in [2.75, 3.05) is 12.4 Å². The van der Waals surface area contributed by atoms with E-state index < -0.39 is 11.8 Å². The van der Waals surface area contributed by atoms with Crippen molar-refractivity contribution in [3.8, 4) is 28.3 Å². The fourth-order valence-corrected chi connectivity index (χ4v) is 4.31. The number of nitrogens with one attached hydrogen (secondary N) is 1. The number of hydrogen-bond acceptors (Lipinski definition) is 4. The Hall–Kier alpha value is -4.20. The Balaban J connectivity index is 1.73.